The third kappa shape index (κ3) is 3.02. The van der Waals surface area contributed by atoms with Gasteiger partial charge in [-0.05, 0) is 31.6 Å². The van der Waals surface area contributed by atoms with Gasteiger partial charge in [-0.25, -0.2) is 9.78 Å². The van der Waals surface area contributed by atoms with Gasteiger partial charge in [0.05, 0.1) is 10.6 Å². The van der Waals surface area contributed by atoms with Crippen LogP contribution in [0.15, 0.2) is 22.1 Å². The lowest BCUT2D eigenvalue weighted by molar-refractivity contribution is 0.0696. The second-order valence-electron chi connectivity index (χ2n) is 5.70. The molecule has 0 aliphatic heterocycles. The molecule has 1 aliphatic rings. The van der Waals surface area contributed by atoms with Gasteiger partial charge in [-0.1, -0.05) is 13.3 Å². The zero-order chi connectivity index (χ0) is 14.8. The number of carboxylic acids is 1. The van der Waals surface area contributed by atoms with Gasteiger partial charge in [-0.2, -0.15) is 0 Å². The van der Waals surface area contributed by atoms with Gasteiger partial charge in [0, 0.05) is 17.4 Å². The van der Waals surface area contributed by atoms with Crippen LogP contribution in [0.3, 0.4) is 0 Å². The Morgan fingerprint density at radius 1 is 1.43 bits per heavy atom. The smallest absolute Gasteiger partial charge is 0.338 e. The maximum atomic E-state index is 10.9. The summed E-state index contributed by atoms with van der Waals surface area (Å²) in [6.45, 7) is 2.27. The maximum absolute atomic E-state index is 10.9. The van der Waals surface area contributed by atoms with E-state index in [2.05, 4.69) is 11.9 Å². The number of carboxylic acid groups (broad SMARTS) is 1. The number of aromatic nitrogens is 1. The molecule has 2 aromatic rings. The fraction of sp³-hybridized carbons (Fsp3) is 0.500. The number of aromatic carboxylic acids is 1. The van der Waals surface area contributed by atoms with Crippen molar-refractivity contribution in [3.63, 3.8) is 0 Å². The molecule has 21 heavy (non-hydrogen) atoms. The largest absolute Gasteiger partial charge is 0.478 e. The lowest BCUT2D eigenvalue weighted by Gasteiger charge is -2.26. The van der Waals surface area contributed by atoms with Crippen molar-refractivity contribution in [1.29, 1.82) is 0 Å². The Morgan fingerprint density at radius 3 is 2.81 bits per heavy atom. The first kappa shape index (κ1) is 14.3. The van der Waals surface area contributed by atoms with Crippen molar-refractivity contribution < 1.29 is 14.3 Å². The Labute approximate surface area is 127 Å². The van der Waals surface area contributed by atoms with Crippen LogP contribution in [0.4, 0.5) is 0 Å². The van der Waals surface area contributed by atoms with Gasteiger partial charge < -0.3 is 9.52 Å². The van der Waals surface area contributed by atoms with Crippen LogP contribution in [0, 0.1) is 5.92 Å². The number of hydrogen-bond donors (Lipinski definition) is 1. The molecule has 0 saturated heterocycles. The molecule has 2 heterocycles. The van der Waals surface area contributed by atoms with E-state index in [9.17, 15) is 4.79 Å². The molecule has 3 rings (SSSR count). The van der Waals surface area contributed by atoms with Crippen molar-refractivity contribution in [2.75, 3.05) is 0 Å². The third-order valence-corrected chi connectivity index (χ3v) is 5.40. The Hall–Kier alpha value is -1.62. The molecule has 0 atom stereocenters. The number of hydrogen-bond acceptors (Lipinski definition) is 4. The molecule has 112 valence electrons. The molecule has 2 aromatic heterocycles. The van der Waals surface area contributed by atoms with Crippen LogP contribution in [0.5, 0.6) is 0 Å². The lowest BCUT2D eigenvalue weighted by atomic mass is 9.81. The molecule has 0 unspecified atom stereocenters. The second-order valence-corrected chi connectivity index (χ2v) is 6.59. The molecule has 0 spiro atoms. The molecule has 0 radical (unpaired) electrons. The van der Waals surface area contributed by atoms with Crippen molar-refractivity contribution >= 4 is 17.3 Å². The molecule has 0 bridgehead atoms. The first-order valence-corrected chi connectivity index (χ1v) is 8.33. The van der Waals surface area contributed by atoms with Crippen LogP contribution in [0.1, 0.15) is 60.3 Å². The van der Waals surface area contributed by atoms with Crippen LogP contribution in [-0.4, -0.2) is 16.1 Å². The van der Waals surface area contributed by atoms with Crippen molar-refractivity contribution in [3.8, 4) is 11.5 Å². The first-order chi connectivity index (χ1) is 10.2. The van der Waals surface area contributed by atoms with Crippen LogP contribution in [0.2, 0.25) is 0 Å². The Morgan fingerprint density at radius 2 is 2.19 bits per heavy atom. The topological polar surface area (TPSA) is 63.3 Å². The highest BCUT2D eigenvalue weighted by atomic mass is 32.1. The van der Waals surface area contributed by atoms with E-state index in [4.69, 9.17) is 9.52 Å². The number of carbonyl (C=O) groups is 1. The highest BCUT2D eigenvalue weighted by Gasteiger charge is 2.24. The Balaban J connectivity index is 1.72. The van der Waals surface area contributed by atoms with Gasteiger partial charge in [-0.15, -0.1) is 11.3 Å². The average molecular weight is 305 g/mol. The molecular formula is C16H19NO3S. The number of rotatable bonds is 4. The van der Waals surface area contributed by atoms with E-state index in [1.54, 1.807) is 11.3 Å². The molecule has 1 aliphatic carbocycles. The van der Waals surface area contributed by atoms with Crippen LogP contribution in [0.25, 0.3) is 11.5 Å². The highest BCUT2D eigenvalue weighted by molar-refractivity contribution is 7.10. The van der Waals surface area contributed by atoms with Crippen LogP contribution >= 0.6 is 11.3 Å². The van der Waals surface area contributed by atoms with Crippen LogP contribution in [-0.2, 0) is 0 Å². The summed E-state index contributed by atoms with van der Waals surface area (Å²) in [5, 5.41) is 12.0. The average Bonchev–Trinajstić information content (AvgIpc) is 3.16. The minimum atomic E-state index is -0.974. The second kappa shape index (κ2) is 6.02. The number of furan rings is 1. The molecule has 5 heteroatoms. The summed E-state index contributed by atoms with van der Waals surface area (Å²) in [4.78, 5) is 15.5. The summed E-state index contributed by atoms with van der Waals surface area (Å²) >= 11 is 1.66. The molecule has 0 amide bonds. The van der Waals surface area contributed by atoms with Gasteiger partial charge >= 0.3 is 5.97 Å². The van der Waals surface area contributed by atoms with E-state index in [-0.39, 0.29) is 5.56 Å². The summed E-state index contributed by atoms with van der Waals surface area (Å²) in [6.07, 6.45) is 7.55. The van der Waals surface area contributed by atoms with E-state index in [0.29, 0.717) is 11.7 Å². The Kier molecular flexibility index (Phi) is 4.10. The number of thiazole rings is 1. The highest BCUT2D eigenvalue weighted by Crippen LogP contribution is 2.39. The fourth-order valence-electron chi connectivity index (χ4n) is 2.99. The predicted octanol–water partition coefficient (Wildman–Crippen LogP) is 4.79. The normalized spacial score (nSPS) is 22.3. The molecular weight excluding hydrogens is 286 g/mol. The maximum Gasteiger partial charge on any atom is 0.338 e. The molecule has 1 fully saturated rings. The van der Waals surface area contributed by atoms with Gasteiger partial charge in [0.2, 0.25) is 0 Å². The minimum Gasteiger partial charge on any atom is -0.478 e. The van der Waals surface area contributed by atoms with Crippen molar-refractivity contribution in [2.45, 2.75) is 44.9 Å². The zero-order valence-electron chi connectivity index (χ0n) is 12.0. The Bertz CT molecular complexity index is 623. The van der Waals surface area contributed by atoms with Gasteiger partial charge in [-0.3, -0.25) is 0 Å². The monoisotopic (exact) mass is 305 g/mol. The van der Waals surface area contributed by atoms with Gasteiger partial charge in [0.15, 0.2) is 5.76 Å². The minimum absolute atomic E-state index is 0.169. The van der Waals surface area contributed by atoms with Gasteiger partial charge in [0.25, 0.3) is 0 Å². The summed E-state index contributed by atoms with van der Waals surface area (Å²) in [6, 6.07) is 1.54. The van der Waals surface area contributed by atoms with E-state index in [1.165, 1.54) is 44.4 Å². The molecule has 0 aromatic carbocycles. The quantitative estimate of drug-likeness (QED) is 0.882. The van der Waals surface area contributed by atoms with E-state index in [1.807, 2.05) is 5.38 Å². The van der Waals surface area contributed by atoms with Crippen LogP contribution < -0.4 is 0 Å². The summed E-state index contributed by atoms with van der Waals surface area (Å²) in [5.41, 5.74) is 0.920. The summed E-state index contributed by atoms with van der Waals surface area (Å²) in [7, 11) is 0. The zero-order valence-corrected chi connectivity index (χ0v) is 12.9. The first-order valence-electron chi connectivity index (χ1n) is 7.45. The third-order valence-electron chi connectivity index (χ3n) is 4.39. The summed E-state index contributed by atoms with van der Waals surface area (Å²) in [5.74, 6) is 1.000. The van der Waals surface area contributed by atoms with Gasteiger partial charge in [0.1, 0.15) is 12.0 Å². The van der Waals surface area contributed by atoms with Crippen molar-refractivity contribution in [3.05, 3.63) is 28.3 Å². The lowest BCUT2D eigenvalue weighted by Crippen LogP contribution is -2.12. The van der Waals surface area contributed by atoms with Crippen molar-refractivity contribution in [2.24, 2.45) is 5.92 Å². The molecule has 1 saturated carbocycles. The van der Waals surface area contributed by atoms with Crippen molar-refractivity contribution in [1.82, 2.24) is 4.98 Å². The number of nitrogens with zero attached hydrogens (tertiary/aromatic N) is 1. The fourth-order valence-corrected chi connectivity index (χ4v) is 3.97. The van der Waals surface area contributed by atoms with E-state index >= 15 is 0 Å². The molecule has 1 N–H and O–H groups in total. The standard InChI is InChI=1S/C16H19NO3S/c1-2-10-3-5-11(6-4-10)15-17-13(9-21-15)14-7-12(8-20-14)16(18)19/h7-11H,2-6H2,1H3,(H,18,19). The summed E-state index contributed by atoms with van der Waals surface area (Å²) < 4.78 is 5.31. The van der Waals surface area contributed by atoms with E-state index in [0.717, 1.165) is 16.6 Å². The molecule has 4 nitrogen and oxygen atoms in total. The van der Waals surface area contributed by atoms with E-state index < -0.39 is 5.97 Å². The predicted molar refractivity (Wildman–Crippen MR) is 81.8 cm³/mol. The SMILES string of the molecule is CCC1CCC(c2nc(-c3cc(C(=O)O)co3)cs2)CC1.